The second kappa shape index (κ2) is 7.01. The molecule has 19 heavy (non-hydrogen) atoms. The topological polar surface area (TPSA) is 46.2 Å². The summed E-state index contributed by atoms with van der Waals surface area (Å²) in [6.45, 7) is 3.91. The number of sulfone groups is 1. The summed E-state index contributed by atoms with van der Waals surface area (Å²) in [6.07, 6.45) is 0.433. The number of hydrogen-bond donors (Lipinski definition) is 1. The van der Waals surface area contributed by atoms with E-state index in [-0.39, 0.29) is 22.7 Å². The molecule has 0 saturated carbocycles. The van der Waals surface area contributed by atoms with Gasteiger partial charge in [-0.25, -0.2) is 12.8 Å². The van der Waals surface area contributed by atoms with Crippen molar-refractivity contribution in [3.8, 4) is 0 Å². The first-order chi connectivity index (χ1) is 8.88. The molecule has 0 aromatic heterocycles. The van der Waals surface area contributed by atoms with Crippen molar-refractivity contribution < 1.29 is 12.8 Å². The molecule has 0 heterocycles. The van der Waals surface area contributed by atoms with Crippen molar-refractivity contribution in [2.75, 3.05) is 19.3 Å². The number of nitrogens with one attached hydrogen (secondary N) is 1. The standard InChI is InChI=1S/C14H22FNO2S/c1-11(2)19(17,18)9-8-12(10-16-3)13-6-4-5-7-14(13)15/h4-7,11-12,16H,8-10H2,1-3H3. The summed E-state index contributed by atoms with van der Waals surface area (Å²) < 4.78 is 37.4. The highest BCUT2D eigenvalue weighted by Gasteiger charge is 2.21. The third-order valence-electron chi connectivity index (χ3n) is 3.26. The van der Waals surface area contributed by atoms with Crippen LogP contribution in [-0.4, -0.2) is 33.0 Å². The largest absolute Gasteiger partial charge is 0.319 e. The van der Waals surface area contributed by atoms with Crippen molar-refractivity contribution >= 4 is 9.84 Å². The highest BCUT2D eigenvalue weighted by atomic mass is 32.2. The maximum absolute atomic E-state index is 13.8. The maximum Gasteiger partial charge on any atom is 0.152 e. The van der Waals surface area contributed by atoms with Crippen LogP contribution in [0.25, 0.3) is 0 Å². The minimum Gasteiger partial charge on any atom is -0.319 e. The SMILES string of the molecule is CNCC(CCS(=O)(=O)C(C)C)c1ccccc1F. The predicted molar refractivity (Wildman–Crippen MR) is 76.6 cm³/mol. The molecule has 0 aliphatic heterocycles. The average Bonchev–Trinajstić information content (AvgIpc) is 2.35. The van der Waals surface area contributed by atoms with Crippen LogP contribution in [0.2, 0.25) is 0 Å². The van der Waals surface area contributed by atoms with E-state index in [9.17, 15) is 12.8 Å². The molecule has 1 rings (SSSR count). The van der Waals surface area contributed by atoms with Gasteiger partial charge in [0.1, 0.15) is 5.82 Å². The van der Waals surface area contributed by atoms with Gasteiger partial charge in [0, 0.05) is 12.5 Å². The Morgan fingerprint density at radius 2 is 1.89 bits per heavy atom. The number of likely N-dealkylation sites (N-methyl/N-ethyl adjacent to an activating group) is 1. The first-order valence-electron chi connectivity index (χ1n) is 6.49. The lowest BCUT2D eigenvalue weighted by molar-refractivity contribution is 0.540. The van der Waals surface area contributed by atoms with Gasteiger partial charge < -0.3 is 5.32 Å². The van der Waals surface area contributed by atoms with E-state index in [0.717, 1.165) is 0 Å². The first-order valence-corrected chi connectivity index (χ1v) is 8.20. The van der Waals surface area contributed by atoms with Gasteiger partial charge in [0.15, 0.2) is 9.84 Å². The molecule has 1 aromatic rings. The van der Waals surface area contributed by atoms with Crippen LogP contribution in [0.15, 0.2) is 24.3 Å². The summed E-state index contributed by atoms with van der Waals surface area (Å²) in [7, 11) is -1.30. The summed E-state index contributed by atoms with van der Waals surface area (Å²) in [5.74, 6) is -0.310. The maximum atomic E-state index is 13.8. The highest BCUT2D eigenvalue weighted by molar-refractivity contribution is 7.91. The van der Waals surface area contributed by atoms with E-state index in [1.54, 1.807) is 39.1 Å². The summed E-state index contributed by atoms with van der Waals surface area (Å²) in [5, 5.41) is 2.61. The summed E-state index contributed by atoms with van der Waals surface area (Å²) in [5.41, 5.74) is 0.579. The zero-order valence-corrected chi connectivity index (χ0v) is 12.5. The molecule has 0 aliphatic carbocycles. The van der Waals surface area contributed by atoms with Gasteiger partial charge in [0.25, 0.3) is 0 Å². The Balaban J connectivity index is 2.83. The van der Waals surface area contributed by atoms with Gasteiger partial charge in [-0.3, -0.25) is 0 Å². The van der Waals surface area contributed by atoms with E-state index in [4.69, 9.17) is 0 Å². The lowest BCUT2D eigenvalue weighted by Crippen LogP contribution is -2.24. The second-order valence-corrected chi connectivity index (χ2v) is 7.66. The van der Waals surface area contributed by atoms with Crippen LogP contribution in [0.5, 0.6) is 0 Å². The van der Waals surface area contributed by atoms with Crippen molar-refractivity contribution in [3.63, 3.8) is 0 Å². The molecule has 0 radical (unpaired) electrons. The van der Waals surface area contributed by atoms with Gasteiger partial charge in [-0.05, 0) is 38.9 Å². The Labute approximate surface area is 115 Å². The Morgan fingerprint density at radius 1 is 1.26 bits per heavy atom. The fourth-order valence-corrected chi connectivity index (χ4v) is 3.05. The number of halogens is 1. The van der Waals surface area contributed by atoms with Gasteiger partial charge in [0.2, 0.25) is 0 Å². The minimum atomic E-state index is -3.08. The zero-order valence-electron chi connectivity index (χ0n) is 11.7. The molecule has 0 bridgehead atoms. The number of hydrogen-bond acceptors (Lipinski definition) is 3. The van der Waals surface area contributed by atoms with Crippen LogP contribution in [0, 0.1) is 5.82 Å². The molecular formula is C14H22FNO2S. The third-order valence-corrected chi connectivity index (χ3v) is 5.51. The van der Waals surface area contributed by atoms with E-state index < -0.39 is 9.84 Å². The number of rotatable bonds is 7. The van der Waals surface area contributed by atoms with Gasteiger partial charge >= 0.3 is 0 Å². The molecule has 1 N–H and O–H groups in total. The Bertz CT molecular complexity index is 500. The summed E-state index contributed by atoms with van der Waals surface area (Å²) >= 11 is 0. The van der Waals surface area contributed by atoms with Crippen molar-refractivity contribution in [2.45, 2.75) is 31.4 Å². The average molecular weight is 287 g/mol. The monoisotopic (exact) mass is 287 g/mol. The predicted octanol–water partition coefficient (Wildman–Crippen LogP) is 2.34. The molecule has 1 atom stereocenters. The minimum absolute atomic E-state index is 0.0886. The highest BCUT2D eigenvalue weighted by Crippen LogP contribution is 2.23. The summed E-state index contributed by atoms with van der Waals surface area (Å²) in [4.78, 5) is 0. The fraction of sp³-hybridized carbons (Fsp3) is 0.571. The lowest BCUT2D eigenvalue weighted by atomic mass is 9.96. The van der Waals surface area contributed by atoms with E-state index >= 15 is 0 Å². The third kappa shape index (κ3) is 4.58. The van der Waals surface area contributed by atoms with Crippen molar-refractivity contribution in [2.24, 2.45) is 0 Å². The van der Waals surface area contributed by atoms with Crippen LogP contribution < -0.4 is 5.32 Å². The molecule has 3 nitrogen and oxygen atoms in total. The van der Waals surface area contributed by atoms with Crippen molar-refractivity contribution in [3.05, 3.63) is 35.6 Å². The lowest BCUT2D eigenvalue weighted by Gasteiger charge is -2.18. The van der Waals surface area contributed by atoms with E-state index in [2.05, 4.69) is 5.32 Å². The molecular weight excluding hydrogens is 265 g/mol. The molecule has 0 saturated heterocycles. The van der Waals surface area contributed by atoms with E-state index in [1.807, 2.05) is 0 Å². The smallest absolute Gasteiger partial charge is 0.152 e. The second-order valence-electron chi connectivity index (χ2n) is 4.98. The molecule has 5 heteroatoms. The molecule has 1 aromatic carbocycles. The van der Waals surface area contributed by atoms with Crippen LogP contribution in [0.4, 0.5) is 4.39 Å². The quantitative estimate of drug-likeness (QED) is 0.837. The molecule has 0 spiro atoms. The molecule has 0 fully saturated rings. The zero-order chi connectivity index (χ0) is 14.5. The van der Waals surface area contributed by atoms with Gasteiger partial charge in [-0.2, -0.15) is 0 Å². The van der Waals surface area contributed by atoms with Crippen LogP contribution >= 0.6 is 0 Å². The van der Waals surface area contributed by atoms with E-state index in [1.165, 1.54) is 6.07 Å². The van der Waals surface area contributed by atoms with Gasteiger partial charge in [0.05, 0.1) is 11.0 Å². The molecule has 1 unspecified atom stereocenters. The Hall–Kier alpha value is -0.940. The van der Waals surface area contributed by atoms with Crippen LogP contribution in [-0.2, 0) is 9.84 Å². The van der Waals surface area contributed by atoms with Crippen molar-refractivity contribution in [1.82, 2.24) is 5.32 Å². The van der Waals surface area contributed by atoms with Gasteiger partial charge in [-0.1, -0.05) is 18.2 Å². The van der Waals surface area contributed by atoms with Crippen LogP contribution in [0.3, 0.4) is 0 Å². The van der Waals surface area contributed by atoms with Crippen LogP contribution in [0.1, 0.15) is 31.7 Å². The normalized spacial score (nSPS) is 13.7. The van der Waals surface area contributed by atoms with Crippen molar-refractivity contribution in [1.29, 1.82) is 0 Å². The van der Waals surface area contributed by atoms with E-state index in [0.29, 0.717) is 18.5 Å². The Morgan fingerprint density at radius 3 is 2.42 bits per heavy atom. The molecule has 0 amide bonds. The molecule has 0 aliphatic rings. The van der Waals surface area contributed by atoms with Gasteiger partial charge in [-0.15, -0.1) is 0 Å². The molecule has 108 valence electrons. The fourth-order valence-electron chi connectivity index (χ4n) is 1.96. The first kappa shape index (κ1) is 16.1. The number of benzene rings is 1. The Kier molecular flexibility index (Phi) is 5.94. The summed E-state index contributed by atoms with van der Waals surface area (Å²) in [6, 6.07) is 6.55.